The summed E-state index contributed by atoms with van der Waals surface area (Å²) in [4.78, 5) is 16.6. The number of fused-ring (bicyclic) bond motifs is 1. The van der Waals surface area contributed by atoms with E-state index in [1.807, 2.05) is 54.6 Å². The molecular weight excluding hydrogens is 380 g/mol. The fraction of sp³-hybridized carbons (Fsp3) is 0.0500. The van der Waals surface area contributed by atoms with Crippen molar-refractivity contribution >= 4 is 45.7 Å². The first-order valence-corrected chi connectivity index (χ1v) is 9.63. The summed E-state index contributed by atoms with van der Waals surface area (Å²) in [6.07, 6.45) is 0. The van der Waals surface area contributed by atoms with Crippen LogP contribution in [0.2, 0.25) is 5.02 Å². The zero-order valence-corrected chi connectivity index (χ0v) is 15.7. The standard InChI is InChI=1S/C20H15ClN4OS/c21-16-8-5-14(6-9-16)19-23-20(25-24-19)27-12-18(26)22-17-10-7-13-3-1-2-4-15(13)11-17/h1-11H,12H2,(H,22,26)(H,23,24,25). The van der Waals surface area contributed by atoms with Gasteiger partial charge >= 0.3 is 0 Å². The predicted molar refractivity (Wildman–Crippen MR) is 110 cm³/mol. The predicted octanol–water partition coefficient (Wildman–Crippen LogP) is 5.01. The van der Waals surface area contributed by atoms with Crippen LogP contribution in [0.15, 0.2) is 71.9 Å². The van der Waals surface area contributed by atoms with E-state index in [2.05, 4.69) is 20.5 Å². The number of rotatable bonds is 5. The average molecular weight is 395 g/mol. The number of halogens is 1. The highest BCUT2D eigenvalue weighted by Gasteiger charge is 2.09. The molecule has 0 spiro atoms. The molecule has 0 radical (unpaired) electrons. The molecule has 7 heteroatoms. The van der Waals surface area contributed by atoms with Crippen molar-refractivity contribution in [1.29, 1.82) is 0 Å². The van der Waals surface area contributed by atoms with Crippen molar-refractivity contribution in [3.63, 3.8) is 0 Å². The molecule has 134 valence electrons. The largest absolute Gasteiger partial charge is 0.325 e. The molecule has 1 heterocycles. The van der Waals surface area contributed by atoms with E-state index in [-0.39, 0.29) is 11.7 Å². The minimum atomic E-state index is -0.104. The number of aromatic amines is 1. The lowest BCUT2D eigenvalue weighted by molar-refractivity contribution is -0.113. The molecular formula is C20H15ClN4OS. The maximum atomic E-state index is 12.2. The van der Waals surface area contributed by atoms with E-state index >= 15 is 0 Å². The molecule has 4 rings (SSSR count). The van der Waals surface area contributed by atoms with Crippen LogP contribution < -0.4 is 5.32 Å². The molecule has 0 fully saturated rings. The second kappa shape index (κ2) is 7.82. The lowest BCUT2D eigenvalue weighted by Crippen LogP contribution is -2.14. The molecule has 4 aromatic rings. The molecule has 27 heavy (non-hydrogen) atoms. The van der Waals surface area contributed by atoms with E-state index in [0.717, 1.165) is 22.0 Å². The minimum absolute atomic E-state index is 0.104. The van der Waals surface area contributed by atoms with Crippen molar-refractivity contribution in [1.82, 2.24) is 15.2 Å². The van der Waals surface area contributed by atoms with Crippen LogP contribution in [0.1, 0.15) is 0 Å². The minimum Gasteiger partial charge on any atom is -0.325 e. The van der Waals surface area contributed by atoms with Crippen molar-refractivity contribution in [2.45, 2.75) is 5.16 Å². The maximum absolute atomic E-state index is 12.2. The zero-order chi connectivity index (χ0) is 18.6. The summed E-state index contributed by atoms with van der Waals surface area (Å²) in [7, 11) is 0. The Balaban J connectivity index is 1.37. The third-order valence-electron chi connectivity index (χ3n) is 3.95. The van der Waals surface area contributed by atoms with Gasteiger partial charge < -0.3 is 5.32 Å². The SMILES string of the molecule is O=C(CSc1n[nH]c(-c2ccc(Cl)cc2)n1)Nc1ccc2ccccc2c1. The van der Waals surface area contributed by atoms with Crippen LogP contribution in [0.25, 0.3) is 22.2 Å². The zero-order valence-electron chi connectivity index (χ0n) is 14.1. The first-order chi connectivity index (χ1) is 13.2. The Morgan fingerprint density at radius 1 is 1.04 bits per heavy atom. The van der Waals surface area contributed by atoms with Gasteiger partial charge in [0.15, 0.2) is 5.82 Å². The van der Waals surface area contributed by atoms with Gasteiger partial charge in [-0.05, 0) is 47.2 Å². The van der Waals surface area contributed by atoms with Gasteiger partial charge in [0.1, 0.15) is 0 Å². The van der Waals surface area contributed by atoms with Crippen LogP contribution in [-0.4, -0.2) is 26.8 Å². The number of H-pyrrole nitrogens is 1. The average Bonchev–Trinajstić information content (AvgIpc) is 3.16. The summed E-state index contributed by atoms with van der Waals surface area (Å²) in [5, 5.41) is 13.3. The highest BCUT2D eigenvalue weighted by atomic mass is 35.5. The second-order valence-electron chi connectivity index (χ2n) is 5.87. The first-order valence-electron chi connectivity index (χ1n) is 8.27. The molecule has 1 aromatic heterocycles. The highest BCUT2D eigenvalue weighted by molar-refractivity contribution is 7.99. The molecule has 0 aliphatic heterocycles. The number of thioether (sulfide) groups is 1. The van der Waals surface area contributed by atoms with E-state index in [9.17, 15) is 4.79 Å². The summed E-state index contributed by atoms with van der Waals surface area (Å²) >= 11 is 7.17. The number of aromatic nitrogens is 3. The molecule has 2 N–H and O–H groups in total. The quantitative estimate of drug-likeness (QED) is 0.467. The molecule has 0 atom stereocenters. The lowest BCUT2D eigenvalue weighted by atomic mass is 10.1. The van der Waals surface area contributed by atoms with Crippen LogP contribution >= 0.6 is 23.4 Å². The molecule has 0 saturated heterocycles. The summed E-state index contributed by atoms with van der Waals surface area (Å²) in [5.41, 5.74) is 1.66. The molecule has 0 aliphatic rings. The van der Waals surface area contributed by atoms with Gasteiger partial charge in [-0.25, -0.2) is 4.98 Å². The highest BCUT2D eigenvalue weighted by Crippen LogP contribution is 2.22. The number of amides is 1. The second-order valence-corrected chi connectivity index (χ2v) is 7.25. The number of benzene rings is 3. The Morgan fingerprint density at radius 2 is 1.81 bits per heavy atom. The van der Waals surface area contributed by atoms with E-state index in [1.54, 1.807) is 12.1 Å². The van der Waals surface area contributed by atoms with Crippen LogP contribution in [0.5, 0.6) is 0 Å². The Bertz CT molecular complexity index is 1090. The van der Waals surface area contributed by atoms with Crippen LogP contribution in [0.4, 0.5) is 5.69 Å². The smallest absolute Gasteiger partial charge is 0.234 e. The maximum Gasteiger partial charge on any atom is 0.234 e. The monoisotopic (exact) mass is 394 g/mol. The fourth-order valence-electron chi connectivity index (χ4n) is 2.64. The number of anilines is 1. The number of nitrogens with zero attached hydrogens (tertiary/aromatic N) is 2. The van der Waals surface area contributed by atoms with Gasteiger partial charge in [-0.2, -0.15) is 0 Å². The van der Waals surface area contributed by atoms with E-state index in [4.69, 9.17) is 11.6 Å². The van der Waals surface area contributed by atoms with Crippen molar-refractivity contribution in [3.8, 4) is 11.4 Å². The van der Waals surface area contributed by atoms with Crippen molar-refractivity contribution < 1.29 is 4.79 Å². The molecule has 1 amide bonds. The van der Waals surface area contributed by atoms with Gasteiger partial charge in [0.05, 0.1) is 5.75 Å². The normalized spacial score (nSPS) is 10.9. The molecule has 3 aromatic carbocycles. The van der Waals surface area contributed by atoms with Crippen LogP contribution in [0.3, 0.4) is 0 Å². The van der Waals surface area contributed by atoms with Crippen molar-refractivity contribution in [3.05, 3.63) is 71.8 Å². The number of carbonyl (C=O) groups excluding carboxylic acids is 1. The third kappa shape index (κ3) is 4.30. The third-order valence-corrected chi connectivity index (χ3v) is 5.05. The number of nitrogens with one attached hydrogen (secondary N) is 2. The Morgan fingerprint density at radius 3 is 2.63 bits per heavy atom. The number of hydrogen-bond donors (Lipinski definition) is 2. The first kappa shape index (κ1) is 17.6. The van der Waals surface area contributed by atoms with Crippen LogP contribution in [0, 0.1) is 0 Å². The van der Waals surface area contributed by atoms with Gasteiger partial charge in [-0.3, -0.25) is 9.89 Å². The number of carbonyl (C=O) groups is 1. The molecule has 5 nitrogen and oxygen atoms in total. The molecule has 0 bridgehead atoms. The fourth-order valence-corrected chi connectivity index (χ4v) is 3.37. The van der Waals surface area contributed by atoms with Gasteiger partial charge in [0, 0.05) is 16.3 Å². The van der Waals surface area contributed by atoms with Gasteiger partial charge in [-0.15, -0.1) is 5.10 Å². The summed E-state index contributed by atoms with van der Waals surface area (Å²) in [6, 6.07) is 21.2. The Labute approximate surface area is 165 Å². The van der Waals surface area contributed by atoms with Crippen molar-refractivity contribution in [2.24, 2.45) is 0 Å². The van der Waals surface area contributed by atoms with Gasteiger partial charge in [0.25, 0.3) is 0 Å². The van der Waals surface area contributed by atoms with Gasteiger partial charge in [-0.1, -0.05) is 53.7 Å². The van der Waals surface area contributed by atoms with E-state index in [1.165, 1.54) is 11.8 Å². The van der Waals surface area contributed by atoms with E-state index in [0.29, 0.717) is 16.0 Å². The Hall–Kier alpha value is -2.83. The van der Waals surface area contributed by atoms with Crippen LogP contribution in [-0.2, 0) is 4.79 Å². The molecule has 0 unspecified atom stereocenters. The van der Waals surface area contributed by atoms with Gasteiger partial charge in [0.2, 0.25) is 11.1 Å². The summed E-state index contributed by atoms with van der Waals surface area (Å²) in [6.45, 7) is 0. The number of hydrogen-bond acceptors (Lipinski definition) is 4. The molecule has 0 aliphatic carbocycles. The Kier molecular flexibility index (Phi) is 5.09. The molecule has 0 saturated carbocycles. The lowest BCUT2D eigenvalue weighted by Gasteiger charge is -2.05. The van der Waals surface area contributed by atoms with Crippen molar-refractivity contribution in [2.75, 3.05) is 11.1 Å². The summed E-state index contributed by atoms with van der Waals surface area (Å²) < 4.78 is 0. The topological polar surface area (TPSA) is 70.7 Å². The summed E-state index contributed by atoms with van der Waals surface area (Å²) in [5.74, 6) is 0.766. The van der Waals surface area contributed by atoms with E-state index < -0.39 is 0 Å².